The molecule has 0 heterocycles. The molecule has 0 saturated carbocycles. The van der Waals surface area contributed by atoms with Gasteiger partial charge in [0.1, 0.15) is 6.10 Å². The van der Waals surface area contributed by atoms with Crippen LogP contribution in [0.4, 0.5) is 4.79 Å². The Morgan fingerprint density at radius 1 is 0.828 bits per heavy atom. The van der Waals surface area contributed by atoms with Gasteiger partial charge >= 0.3 is 12.1 Å². The van der Waals surface area contributed by atoms with Gasteiger partial charge in [-0.15, -0.1) is 0 Å². The molecule has 0 aliphatic heterocycles. The fraction of sp³-hybridized carbons (Fsp3) is 0.800. The van der Waals surface area contributed by atoms with Crippen molar-refractivity contribution in [2.75, 3.05) is 59.4 Å². The van der Waals surface area contributed by atoms with E-state index in [1.165, 1.54) is 0 Å². The molecule has 9 heteroatoms. The van der Waals surface area contributed by atoms with E-state index in [1.54, 1.807) is 0 Å². The molecule has 0 saturated heterocycles. The summed E-state index contributed by atoms with van der Waals surface area (Å²) in [7, 11) is 0. The summed E-state index contributed by atoms with van der Waals surface area (Å²) in [5.41, 5.74) is 0. The average Bonchev–Trinajstić information content (AvgIpc) is 2.66. The minimum Gasteiger partial charge on any atom is -0.481 e. The third kappa shape index (κ3) is 16.9. The molecule has 1 aliphatic rings. The predicted molar refractivity (Wildman–Crippen MR) is 106 cm³/mol. The highest BCUT2D eigenvalue weighted by molar-refractivity contribution is 5.67. The molecule has 9 nitrogen and oxygen atoms in total. The van der Waals surface area contributed by atoms with Crippen LogP contribution in [0.2, 0.25) is 0 Å². The van der Waals surface area contributed by atoms with Crippen molar-refractivity contribution in [1.82, 2.24) is 5.32 Å². The van der Waals surface area contributed by atoms with Crippen molar-refractivity contribution in [1.29, 1.82) is 0 Å². The minimum atomic E-state index is -0.875. The zero-order valence-electron chi connectivity index (χ0n) is 17.1. The number of nitrogens with one attached hydrogen (secondary N) is 1. The van der Waals surface area contributed by atoms with Crippen molar-refractivity contribution >= 4 is 12.1 Å². The zero-order valence-corrected chi connectivity index (χ0v) is 17.1. The number of alkyl carbamates (subject to hydrolysis) is 1. The van der Waals surface area contributed by atoms with Gasteiger partial charge < -0.3 is 34.1 Å². The summed E-state index contributed by atoms with van der Waals surface area (Å²) in [6, 6.07) is 0. The molecule has 1 atom stereocenters. The van der Waals surface area contributed by atoms with Crippen LogP contribution in [-0.4, -0.2) is 82.7 Å². The number of allylic oxidation sites excluding steroid dienone is 2. The molecular weight excluding hydrogens is 382 g/mol. The maximum absolute atomic E-state index is 11.8. The number of amides is 1. The first-order valence-electron chi connectivity index (χ1n) is 10.3. The van der Waals surface area contributed by atoms with Gasteiger partial charge in [0.2, 0.25) is 0 Å². The van der Waals surface area contributed by atoms with Crippen molar-refractivity contribution in [3.63, 3.8) is 0 Å². The molecular formula is C20H35NO8. The largest absolute Gasteiger partial charge is 0.481 e. The van der Waals surface area contributed by atoms with Gasteiger partial charge in [-0.05, 0) is 32.1 Å². The fourth-order valence-corrected chi connectivity index (χ4v) is 2.58. The average molecular weight is 417 g/mol. The normalized spacial score (nSPS) is 17.9. The summed E-state index contributed by atoms with van der Waals surface area (Å²) >= 11 is 0. The first-order chi connectivity index (χ1) is 14.2. The summed E-state index contributed by atoms with van der Waals surface area (Å²) in [4.78, 5) is 22.1. The Morgan fingerprint density at radius 3 is 2.07 bits per heavy atom. The van der Waals surface area contributed by atoms with Crippen LogP contribution in [0.5, 0.6) is 0 Å². The highest BCUT2D eigenvalue weighted by Gasteiger charge is 2.14. The Hall–Kier alpha value is -1.68. The predicted octanol–water partition coefficient (Wildman–Crippen LogP) is 2.14. The van der Waals surface area contributed by atoms with Crippen LogP contribution in [0.25, 0.3) is 0 Å². The SMILES string of the molecule is O=C(O)CCOCCOCCOCCOCCNC(=O)O[C@@H]1CC/C=C/CCC1. The van der Waals surface area contributed by atoms with Crippen LogP contribution < -0.4 is 5.32 Å². The number of ether oxygens (including phenoxy) is 5. The second kappa shape index (κ2) is 18.4. The van der Waals surface area contributed by atoms with E-state index in [9.17, 15) is 9.59 Å². The van der Waals surface area contributed by atoms with Crippen LogP contribution in [0.3, 0.4) is 0 Å². The fourth-order valence-electron chi connectivity index (χ4n) is 2.58. The Balaban J connectivity index is 1.80. The van der Waals surface area contributed by atoms with E-state index >= 15 is 0 Å². The van der Waals surface area contributed by atoms with Gasteiger partial charge in [0.25, 0.3) is 0 Å². The lowest BCUT2D eigenvalue weighted by atomic mass is 10.0. The zero-order chi connectivity index (χ0) is 21.0. The van der Waals surface area contributed by atoms with E-state index < -0.39 is 5.97 Å². The van der Waals surface area contributed by atoms with E-state index in [4.69, 9.17) is 28.8 Å². The van der Waals surface area contributed by atoms with Crippen molar-refractivity contribution in [3.8, 4) is 0 Å². The number of aliphatic carboxylic acids is 1. The Labute approximate surface area is 172 Å². The quantitative estimate of drug-likeness (QED) is 0.290. The van der Waals surface area contributed by atoms with Crippen LogP contribution in [0.15, 0.2) is 12.2 Å². The number of carbonyl (C=O) groups excluding carboxylic acids is 1. The van der Waals surface area contributed by atoms with E-state index in [0.717, 1.165) is 32.1 Å². The number of hydrogen-bond donors (Lipinski definition) is 2. The molecule has 0 aromatic rings. The smallest absolute Gasteiger partial charge is 0.407 e. The Bertz CT molecular complexity index is 458. The number of carbonyl (C=O) groups is 2. The molecule has 168 valence electrons. The molecule has 0 bridgehead atoms. The van der Waals surface area contributed by atoms with Crippen LogP contribution in [-0.2, 0) is 28.5 Å². The standard InChI is InChI=1S/C20H35NO8/c22-19(23)8-10-25-12-14-27-16-17-28-15-13-26-11-9-21-20(24)29-18-6-4-2-1-3-5-7-18/h1-2,18H,3-17H2,(H,21,24)(H,22,23)/b2-1+/t18-/m1/s1. The van der Waals surface area contributed by atoms with E-state index in [2.05, 4.69) is 17.5 Å². The lowest BCUT2D eigenvalue weighted by molar-refractivity contribution is -0.138. The molecule has 0 fully saturated rings. The molecule has 0 radical (unpaired) electrons. The van der Waals surface area contributed by atoms with E-state index in [1.807, 2.05) is 0 Å². The third-order valence-electron chi connectivity index (χ3n) is 4.08. The third-order valence-corrected chi connectivity index (χ3v) is 4.08. The number of rotatable bonds is 16. The summed E-state index contributed by atoms with van der Waals surface area (Å²) in [5, 5.41) is 11.1. The Kier molecular flexibility index (Phi) is 16.0. The van der Waals surface area contributed by atoms with Crippen molar-refractivity contribution in [2.24, 2.45) is 0 Å². The van der Waals surface area contributed by atoms with Crippen LogP contribution in [0.1, 0.15) is 38.5 Å². The Morgan fingerprint density at radius 2 is 1.41 bits per heavy atom. The molecule has 1 amide bonds. The summed E-state index contributed by atoms with van der Waals surface area (Å²) < 4.78 is 26.6. The van der Waals surface area contributed by atoms with Gasteiger partial charge in [-0.1, -0.05) is 12.2 Å². The molecule has 0 unspecified atom stereocenters. The molecule has 1 rings (SSSR count). The monoisotopic (exact) mass is 417 g/mol. The number of carboxylic acids is 1. The molecule has 0 spiro atoms. The van der Waals surface area contributed by atoms with Crippen molar-refractivity contribution < 1.29 is 38.4 Å². The minimum absolute atomic E-state index is 0.00184. The maximum atomic E-state index is 11.8. The van der Waals surface area contributed by atoms with E-state index in [-0.39, 0.29) is 25.2 Å². The summed E-state index contributed by atoms with van der Waals surface area (Å²) in [6.45, 7) is 3.51. The van der Waals surface area contributed by atoms with Crippen molar-refractivity contribution in [3.05, 3.63) is 12.2 Å². The topological polar surface area (TPSA) is 113 Å². The highest BCUT2D eigenvalue weighted by atomic mass is 16.6. The molecule has 0 aromatic carbocycles. The van der Waals surface area contributed by atoms with Crippen LogP contribution >= 0.6 is 0 Å². The molecule has 0 aromatic heterocycles. The van der Waals surface area contributed by atoms with Gasteiger partial charge in [0.05, 0.1) is 59.3 Å². The van der Waals surface area contributed by atoms with Crippen LogP contribution in [0, 0.1) is 0 Å². The number of hydrogen-bond acceptors (Lipinski definition) is 7. The summed E-state index contributed by atoms with van der Waals surface area (Å²) in [5.74, 6) is -0.875. The molecule has 1 aliphatic carbocycles. The first kappa shape index (κ1) is 25.4. The van der Waals surface area contributed by atoms with Crippen molar-refractivity contribution in [2.45, 2.75) is 44.6 Å². The highest BCUT2D eigenvalue weighted by Crippen LogP contribution is 2.15. The van der Waals surface area contributed by atoms with Gasteiger partial charge in [-0.2, -0.15) is 0 Å². The van der Waals surface area contributed by atoms with Gasteiger partial charge in [-0.25, -0.2) is 4.79 Å². The maximum Gasteiger partial charge on any atom is 0.407 e. The van der Waals surface area contributed by atoms with Gasteiger partial charge in [-0.3, -0.25) is 4.79 Å². The number of carboxylic acid groups (broad SMARTS) is 1. The second-order valence-electron chi connectivity index (χ2n) is 6.53. The summed E-state index contributed by atoms with van der Waals surface area (Å²) in [6.07, 6.45) is 8.77. The second-order valence-corrected chi connectivity index (χ2v) is 6.53. The van der Waals surface area contributed by atoms with E-state index in [0.29, 0.717) is 52.8 Å². The first-order valence-corrected chi connectivity index (χ1v) is 10.3. The molecule has 2 N–H and O–H groups in total. The lowest BCUT2D eigenvalue weighted by Crippen LogP contribution is -2.31. The molecule has 29 heavy (non-hydrogen) atoms. The van der Waals surface area contributed by atoms with Gasteiger partial charge in [0.15, 0.2) is 0 Å². The van der Waals surface area contributed by atoms with Gasteiger partial charge in [0, 0.05) is 6.54 Å². The lowest BCUT2D eigenvalue weighted by Gasteiger charge is -2.18.